The van der Waals surface area contributed by atoms with Gasteiger partial charge in [-0.25, -0.2) is 0 Å². The first-order valence-electron chi connectivity index (χ1n) is 5.75. The standard InChI is InChI=1S/C11H18F3N3S/c1-8(2)15-6-10-7-17(16-9(10)3)4-5-18-11(12,13)14/h7-8,15H,4-6H2,1-3H3. The minimum absolute atomic E-state index is 0.0122. The number of nitrogens with one attached hydrogen (secondary N) is 1. The van der Waals surface area contributed by atoms with Crippen molar-refractivity contribution in [3.63, 3.8) is 0 Å². The van der Waals surface area contributed by atoms with Crippen molar-refractivity contribution < 1.29 is 13.2 Å². The van der Waals surface area contributed by atoms with Gasteiger partial charge in [-0.05, 0) is 18.7 Å². The van der Waals surface area contributed by atoms with Gasteiger partial charge in [-0.2, -0.15) is 18.3 Å². The second-order valence-electron chi connectivity index (χ2n) is 4.33. The quantitative estimate of drug-likeness (QED) is 0.869. The molecule has 0 aliphatic rings. The predicted octanol–water partition coefficient (Wildman–Crippen LogP) is 2.94. The molecule has 0 radical (unpaired) electrons. The van der Waals surface area contributed by atoms with Crippen LogP contribution < -0.4 is 5.32 Å². The van der Waals surface area contributed by atoms with Gasteiger partial charge in [0.05, 0.1) is 12.2 Å². The Morgan fingerprint density at radius 3 is 2.67 bits per heavy atom. The van der Waals surface area contributed by atoms with E-state index in [0.717, 1.165) is 11.3 Å². The van der Waals surface area contributed by atoms with E-state index in [9.17, 15) is 13.2 Å². The van der Waals surface area contributed by atoms with Crippen LogP contribution in [0.15, 0.2) is 6.20 Å². The van der Waals surface area contributed by atoms with Gasteiger partial charge in [-0.1, -0.05) is 13.8 Å². The van der Waals surface area contributed by atoms with E-state index in [4.69, 9.17) is 0 Å². The fourth-order valence-corrected chi connectivity index (χ4v) is 1.93. The fraction of sp³-hybridized carbons (Fsp3) is 0.727. The van der Waals surface area contributed by atoms with Crippen molar-refractivity contribution >= 4 is 11.8 Å². The summed E-state index contributed by atoms with van der Waals surface area (Å²) in [6, 6.07) is 0.369. The molecule has 0 aliphatic heterocycles. The SMILES string of the molecule is Cc1nn(CCSC(F)(F)F)cc1CNC(C)C. The number of nitrogens with zero attached hydrogens (tertiary/aromatic N) is 2. The zero-order valence-corrected chi connectivity index (χ0v) is 11.5. The topological polar surface area (TPSA) is 29.9 Å². The number of rotatable bonds is 6. The smallest absolute Gasteiger partial charge is 0.310 e. The highest BCUT2D eigenvalue weighted by atomic mass is 32.2. The van der Waals surface area contributed by atoms with Crippen LogP contribution in [0.4, 0.5) is 13.2 Å². The molecule has 18 heavy (non-hydrogen) atoms. The van der Waals surface area contributed by atoms with Crippen molar-refractivity contribution in [3.8, 4) is 0 Å². The summed E-state index contributed by atoms with van der Waals surface area (Å²) in [5, 5.41) is 7.46. The summed E-state index contributed by atoms with van der Waals surface area (Å²) in [7, 11) is 0. The van der Waals surface area contributed by atoms with Crippen LogP contribution in [0.5, 0.6) is 0 Å². The molecule has 3 nitrogen and oxygen atoms in total. The molecule has 0 saturated heterocycles. The van der Waals surface area contributed by atoms with Crippen LogP contribution in [-0.4, -0.2) is 27.1 Å². The molecule has 7 heteroatoms. The predicted molar refractivity (Wildman–Crippen MR) is 67.5 cm³/mol. The first kappa shape index (κ1) is 15.4. The van der Waals surface area contributed by atoms with E-state index < -0.39 is 5.51 Å². The van der Waals surface area contributed by atoms with Gasteiger partial charge in [-0.15, -0.1) is 0 Å². The molecule has 1 N–H and O–H groups in total. The molecule has 0 bridgehead atoms. The van der Waals surface area contributed by atoms with Gasteiger partial charge >= 0.3 is 5.51 Å². The van der Waals surface area contributed by atoms with E-state index in [0.29, 0.717) is 12.6 Å². The monoisotopic (exact) mass is 281 g/mol. The summed E-state index contributed by atoms with van der Waals surface area (Å²) < 4.78 is 37.5. The highest BCUT2D eigenvalue weighted by molar-refractivity contribution is 8.00. The summed E-state index contributed by atoms with van der Waals surface area (Å²) >= 11 is -0.0147. The van der Waals surface area contributed by atoms with Gasteiger partial charge in [-0.3, -0.25) is 4.68 Å². The first-order chi connectivity index (χ1) is 8.28. The van der Waals surface area contributed by atoms with Crippen molar-refractivity contribution in [1.82, 2.24) is 15.1 Å². The van der Waals surface area contributed by atoms with Crippen LogP contribution in [0, 0.1) is 6.92 Å². The number of alkyl halides is 3. The molecule has 0 amide bonds. The third-order valence-electron chi connectivity index (χ3n) is 2.33. The molecular formula is C11H18F3N3S. The zero-order chi connectivity index (χ0) is 13.8. The Morgan fingerprint density at radius 2 is 2.11 bits per heavy atom. The highest BCUT2D eigenvalue weighted by Gasteiger charge is 2.27. The molecule has 0 saturated carbocycles. The first-order valence-corrected chi connectivity index (χ1v) is 6.73. The van der Waals surface area contributed by atoms with Gasteiger partial charge in [0, 0.05) is 30.1 Å². The van der Waals surface area contributed by atoms with Crippen LogP contribution >= 0.6 is 11.8 Å². The maximum Gasteiger partial charge on any atom is 0.441 e. The van der Waals surface area contributed by atoms with Gasteiger partial charge in [0.2, 0.25) is 0 Å². The van der Waals surface area contributed by atoms with Crippen LogP contribution in [0.3, 0.4) is 0 Å². The number of halogens is 3. The van der Waals surface area contributed by atoms with Gasteiger partial charge < -0.3 is 5.32 Å². The number of aryl methyl sites for hydroxylation is 2. The van der Waals surface area contributed by atoms with E-state index in [-0.39, 0.29) is 24.1 Å². The van der Waals surface area contributed by atoms with Crippen molar-refractivity contribution in [3.05, 3.63) is 17.5 Å². The molecule has 0 aromatic carbocycles. The Hall–Kier alpha value is -0.690. The van der Waals surface area contributed by atoms with Crippen LogP contribution in [0.2, 0.25) is 0 Å². The molecular weight excluding hydrogens is 263 g/mol. The Bertz CT molecular complexity index is 374. The average molecular weight is 281 g/mol. The van der Waals surface area contributed by atoms with E-state index in [1.807, 2.05) is 27.0 Å². The summed E-state index contributed by atoms with van der Waals surface area (Å²) in [4.78, 5) is 0. The number of thioether (sulfide) groups is 1. The van der Waals surface area contributed by atoms with Crippen molar-refractivity contribution in [1.29, 1.82) is 0 Å². The normalized spacial score (nSPS) is 12.4. The Kier molecular flexibility index (Phi) is 5.52. The second kappa shape index (κ2) is 6.47. The van der Waals surface area contributed by atoms with E-state index in [1.165, 1.54) is 0 Å². The van der Waals surface area contributed by atoms with Crippen molar-refractivity contribution in [2.24, 2.45) is 0 Å². The largest absolute Gasteiger partial charge is 0.441 e. The maximum absolute atomic E-state index is 12.0. The summed E-state index contributed by atoms with van der Waals surface area (Å²) in [6.45, 7) is 6.91. The van der Waals surface area contributed by atoms with Gasteiger partial charge in [0.15, 0.2) is 0 Å². The molecule has 0 unspecified atom stereocenters. The fourth-order valence-electron chi connectivity index (χ4n) is 1.42. The Morgan fingerprint density at radius 1 is 1.44 bits per heavy atom. The van der Waals surface area contributed by atoms with Gasteiger partial charge in [0.1, 0.15) is 0 Å². The van der Waals surface area contributed by atoms with Crippen LogP contribution in [0.1, 0.15) is 25.1 Å². The minimum Gasteiger partial charge on any atom is -0.310 e. The molecule has 0 fully saturated rings. The lowest BCUT2D eigenvalue weighted by Crippen LogP contribution is -2.21. The molecule has 0 atom stereocenters. The zero-order valence-electron chi connectivity index (χ0n) is 10.7. The lowest BCUT2D eigenvalue weighted by molar-refractivity contribution is -0.0328. The number of hydrogen-bond donors (Lipinski definition) is 1. The molecule has 1 aromatic heterocycles. The lowest BCUT2D eigenvalue weighted by atomic mass is 10.2. The van der Waals surface area contributed by atoms with Crippen molar-refractivity contribution in [2.45, 2.75) is 45.4 Å². The lowest BCUT2D eigenvalue weighted by Gasteiger charge is -2.06. The van der Waals surface area contributed by atoms with Crippen molar-refractivity contribution in [2.75, 3.05) is 5.75 Å². The molecule has 104 valence electrons. The van der Waals surface area contributed by atoms with E-state index in [1.54, 1.807) is 4.68 Å². The molecule has 1 rings (SSSR count). The van der Waals surface area contributed by atoms with E-state index in [2.05, 4.69) is 10.4 Å². The summed E-state index contributed by atoms with van der Waals surface area (Å²) in [5.74, 6) is -0.0122. The number of hydrogen-bond acceptors (Lipinski definition) is 3. The summed E-state index contributed by atoms with van der Waals surface area (Å²) in [5.41, 5.74) is -2.27. The average Bonchev–Trinajstić information content (AvgIpc) is 2.54. The molecule has 1 heterocycles. The van der Waals surface area contributed by atoms with Crippen LogP contribution in [-0.2, 0) is 13.1 Å². The van der Waals surface area contributed by atoms with E-state index >= 15 is 0 Å². The third-order valence-corrected chi connectivity index (χ3v) is 3.05. The molecule has 0 spiro atoms. The number of aromatic nitrogens is 2. The molecule has 1 aromatic rings. The van der Waals surface area contributed by atoms with Gasteiger partial charge in [0.25, 0.3) is 0 Å². The molecule has 0 aliphatic carbocycles. The summed E-state index contributed by atoms with van der Waals surface area (Å²) in [6.07, 6.45) is 1.81. The third kappa shape index (κ3) is 5.77. The van der Waals surface area contributed by atoms with Crippen LogP contribution in [0.25, 0.3) is 0 Å². The Labute approximate surface area is 109 Å². The second-order valence-corrected chi connectivity index (χ2v) is 5.49. The Balaban J connectivity index is 2.45. The minimum atomic E-state index is -4.16. The highest BCUT2D eigenvalue weighted by Crippen LogP contribution is 2.29. The maximum atomic E-state index is 12.0.